The Morgan fingerprint density at radius 3 is 2.41 bits per heavy atom. The Bertz CT molecular complexity index is 564. The van der Waals surface area contributed by atoms with Gasteiger partial charge in [0.05, 0.1) is 11.9 Å². The van der Waals surface area contributed by atoms with Crippen molar-refractivity contribution in [3.8, 4) is 0 Å². The summed E-state index contributed by atoms with van der Waals surface area (Å²) in [4.78, 5) is 0. The Labute approximate surface area is 102 Å². The number of fused-ring (bicyclic) bond motifs is 1. The number of rotatable bonds is 2. The van der Waals surface area contributed by atoms with Crippen molar-refractivity contribution in [1.82, 2.24) is 0 Å². The zero-order chi connectivity index (χ0) is 12.6. The lowest BCUT2D eigenvalue weighted by atomic mass is 9.88. The SMILES string of the molecule is CC(C)=C(c1coc2ccccc12)C(C)(C)O. The lowest BCUT2D eigenvalue weighted by molar-refractivity contribution is 0.143. The predicted molar refractivity (Wildman–Crippen MR) is 70.8 cm³/mol. The van der Waals surface area contributed by atoms with Crippen LogP contribution >= 0.6 is 0 Å². The van der Waals surface area contributed by atoms with Crippen LogP contribution in [0.1, 0.15) is 33.3 Å². The van der Waals surface area contributed by atoms with E-state index < -0.39 is 5.60 Å². The molecule has 0 aliphatic heterocycles. The van der Waals surface area contributed by atoms with E-state index in [-0.39, 0.29) is 0 Å². The second-order valence-corrected chi connectivity index (χ2v) is 5.08. The van der Waals surface area contributed by atoms with Crippen molar-refractivity contribution in [1.29, 1.82) is 0 Å². The van der Waals surface area contributed by atoms with Crippen LogP contribution in [0.2, 0.25) is 0 Å². The number of benzene rings is 1. The van der Waals surface area contributed by atoms with Crippen molar-refractivity contribution in [2.75, 3.05) is 0 Å². The van der Waals surface area contributed by atoms with Crippen molar-refractivity contribution in [2.24, 2.45) is 0 Å². The summed E-state index contributed by atoms with van der Waals surface area (Å²) in [7, 11) is 0. The molecule has 1 aromatic heterocycles. The average Bonchev–Trinajstić information content (AvgIpc) is 2.60. The highest BCUT2D eigenvalue weighted by molar-refractivity contribution is 5.93. The Balaban J connectivity index is 2.71. The first-order chi connectivity index (χ1) is 7.91. The fourth-order valence-electron chi connectivity index (χ4n) is 2.38. The molecule has 0 unspecified atom stereocenters. The van der Waals surface area contributed by atoms with E-state index in [9.17, 15) is 5.11 Å². The zero-order valence-electron chi connectivity index (χ0n) is 10.7. The number of allylic oxidation sites excluding steroid dienone is 1. The maximum Gasteiger partial charge on any atom is 0.134 e. The minimum absolute atomic E-state index is 0.852. The Morgan fingerprint density at radius 1 is 1.18 bits per heavy atom. The second-order valence-electron chi connectivity index (χ2n) is 5.08. The summed E-state index contributed by atoms with van der Waals surface area (Å²) in [6, 6.07) is 7.88. The van der Waals surface area contributed by atoms with E-state index in [2.05, 4.69) is 0 Å². The largest absolute Gasteiger partial charge is 0.464 e. The van der Waals surface area contributed by atoms with Gasteiger partial charge in [0.25, 0.3) is 0 Å². The van der Waals surface area contributed by atoms with Crippen LogP contribution in [0.3, 0.4) is 0 Å². The predicted octanol–water partition coefficient (Wildman–Crippen LogP) is 4.00. The topological polar surface area (TPSA) is 33.4 Å². The van der Waals surface area contributed by atoms with E-state index in [0.29, 0.717) is 0 Å². The molecule has 1 aromatic carbocycles. The maximum absolute atomic E-state index is 10.3. The summed E-state index contributed by atoms with van der Waals surface area (Å²) in [5.74, 6) is 0. The first kappa shape index (κ1) is 11.9. The highest BCUT2D eigenvalue weighted by Gasteiger charge is 2.25. The van der Waals surface area contributed by atoms with Crippen molar-refractivity contribution < 1.29 is 9.52 Å². The highest BCUT2D eigenvalue weighted by Crippen LogP contribution is 2.35. The molecule has 2 heteroatoms. The lowest BCUT2D eigenvalue weighted by Gasteiger charge is -2.23. The van der Waals surface area contributed by atoms with Crippen LogP contribution in [-0.2, 0) is 0 Å². The normalized spacial score (nSPS) is 11.8. The van der Waals surface area contributed by atoms with Gasteiger partial charge in [0.1, 0.15) is 5.58 Å². The summed E-state index contributed by atoms with van der Waals surface area (Å²) >= 11 is 0. The molecule has 0 saturated carbocycles. The van der Waals surface area contributed by atoms with Gasteiger partial charge < -0.3 is 9.52 Å². The van der Waals surface area contributed by atoms with Gasteiger partial charge in [0.15, 0.2) is 0 Å². The van der Waals surface area contributed by atoms with Gasteiger partial charge in [0.2, 0.25) is 0 Å². The number of para-hydroxylation sites is 1. The van der Waals surface area contributed by atoms with E-state index in [0.717, 1.165) is 27.7 Å². The molecule has 1 N–H and O–H groups in total. The zero-order valence-corrected chi connectivity index (χ0v) is 10.7. The third-order valence-electron chi connectivity index (χ3n) is 2.86. The number of hydrogen-bond donors (Lipinski definition) is 1. The van der Waals surface area contributed by atoms with Crippen molar-refractivity contribution >= 4 is 16.5 Å². The third-order valence-corrected chi connectivity index (χ3v) is 2.86. The van der Waals surface area contributed by atoms with Crippen LogP contribution in [0.25, 0.3) is 16.5 Å². The van der Waals surface area contributed by atoms with Gasteiger partial charge in [0, 0.05) is 10.9 Å². The van der Waals surface area contributed by atoms with E-state index in [1.807, 2.05) is 38.1 Å². The molecule has 2 aromatic rings. The molecule has 0 spiro atoms. The van der Waals surface area contributed by atoms with E-state index >= 15 is 0 Å². The highest BCUT2D eigenvalue weighted by atomic mass is 16.3. The quantitative estimate of drug-likeness (QED) is 0.846. The molecule has 0 fully saturated rings. The smallest absolute Gasteiger partial charge is 0.134 e. The monoisotopic (exact) mass is 230 g/mol. The van der Waals surface area contributed by atoms with Crippen molar-refractivity contribution in [3.05, 3.63) is 41.7 Å². The Hall–Kier alpha value is -1.54. The molecule has 90 valence electrons. The van der Waals surface area contributed by atoms with Gasteiger partial charge in [-0.2, -0.15) is 0 Å². The van der Waals surface area contributed by atoms with Gasteiger partial charge in [-0.05, 0) is 39.3 Å². The summed E-state index contributed by atoms with van der Waals surface area (Å²) < 4.78 is 5.53. The number of furan rings is 1. The van der Waals surface area contributed by atoms with Crippen LogP contribution in [0, 0.1) is 0 Å². The van der Waals surface area contributed by atoms with E-state index in [1.54, 1.807) is 20.1 Å². The number of hydrogen-bond acceptors (Lipinski definition) is 2. The molecule has 0 aliphatic rings. The molecular weight excluding hydrogens is 212 g/mol. The molecule has 0 bridgehead atoms. The summed E-state index contributed by atoms with van der Waals surface area (Å²) in [5.41, 5.74) is 3.00. The first-order valence-corrected chi connectivity index (χ1v) is 5.78. The van der Waals surface area contributed by atoms with Crippen molar-refractivity contribution in [3.63, 3.8) is 0 Å². The summed E-state index contributed by atoms with van der Waals surface area (Å²) in [6.07, 6.45) is 1.73. The standard InChI is InChI=1S/C15H18O2/c1-10(2)14(15(3,4)16)12-9-17-13-8-6-5-7-11(12)13/h5-9,16H,1-4H3. The third kappa shape index (κ3) is 2.13. The van der Waals surface area contributed by atoms with Crippen LogP contribution in [0.15, 0.2) is 40.5 Å². The molecule has 0 atom stereocenters. The Morgan fingerprint density at radius 2 is 1.82 bits per heavy atom. The maximum atomic E-state index is 10.3. The minimum Gasteiger partial charge on any atom is -0.464 e. The van der Waals surface area contributed by atoms with Crippen LogP contribution < -0.4 is 0 Å². The van der Waals surface area contributed by atoms with Gasteiger partial charge in [-0.3, -0.25) is 0 Å². The molecule has 17 heavy (non-hydrogen) atoms. The summed E-state index contributed by atoms with van der Waals surface area (Å²) in [6.45, 7) is 7.62. The van der Waals surface area contributed by atoms with Gasteiger partial charge in [-0.15, -0.1) is 0 Å². The molecular formula is C15H18O2. The van der Waals surface area contributed by atoms with Gasteiger partial charge >= 0.3 is 0 Å². The minimum atomic E-state index is -0.870. The second kappa shape index (κ2) is 4.04. The molecule has 2 rings (SSSR count). The molecule has 1 heterocycles. The van der Waals surface area contributed by atoms with Crippen molar-refractivity contribution in [2.45, 2.75) is 33.3 Å². The van der Waals surface area contributed by atoms with Crippen LogP contribution in [-0.4, -0.2) is 10.7 Å². The van der Waals surface area contributed by atoms with Crippen LogP contribution in [0.4, 0.5) is 0 Å². The van der Waals surface area contributed by atoms with Crippen LogP contribution in [0.5, 0.6) is 0 Å². The molecule has 0 radical (unpaired) electrons. The molecule has 2 nitrogen and oxygen atoms in total. The van der Waals surface area contributed by atoms with E-state index in [1.165, 1.54) is 0 Å². The fourth-order valence-corrected chi connectivity index (χ4v) is 2.38. The average molecular weight is 230 g/mol. The van der Waals surface area contributed by atoms with Gasteiger partial charge in [-0.25, -0.2) is 0 Å². The number of aliphatic hydroxyl groups is 1. The fraction of sp³-hybridized carbons (Fsp3) is 0.333. The van der Waals surface area contributed by atoms with Gasteiger partial charge in [-0.1, -0.05) is 23.8 Å². The first-order valence-electron chi connectivity index (χ1n) is 5.78. The molecule has 0 aliphatic carbocycles. The molecule has 0 amide bonds. The van der Waals surface area contributed by atoms with E-state index in [4.69, 9.17) is 4.42 Å². The molecule has 0 saturated heterocycles. The lowest BCUT2D eigenvalue weighted by Crippen LogP contribution is -2.21. The Kier molecular flexibility index (Phi) is 2.84. The summed E-state index contributed by atoms with van der Waals surface area (Å²) in [5, 5.41) is 11.3.